The van der Waals surface area contributed by atoms with E-state index in [1.54, 1.807) is 6.07 Å². The van der Waals surface area contributed by atoms with Crippen molar-refractivity contribution >= 4 is 5.69 Å². The van der Waals surface area contributed by atoms with Crippen molar-refractivity contribution in [1.29, 1.82) is 0 Å². The molecule has 0 saturated carbocycles. The normalized spacial score (nSPS) is 10.8. The highest BCUT2D eigenvalue weighted by molar-refractivity contribution is 5.46. The van der Waals surface area contributed by atoms with Crippen LogP contribution >= 0.6 is 0 Å². The molecule has 0 aliphatic heterocycles. The Bertz CT molecular complexity index is 326. The van der Waals surface area contributed by atoms with Crippen molar-refractivity contribution in [3.05, 3.63) is 29.6 Å². The lowest BCUT2D eigenvalue weighted by Gasteiger charge is -2.11. The first-order valence-electron chi connectivity index (χ1n) is 5.50. The lowest BCUT2D eigenvalue weighted by atomic mass is 10.2. The molecule has 0 radical (unpaired) electrons. The van der Waals surface area contributed by atoms with E-state index in [0.29, 0.717) is 12.2 Å². The fraction of sp³-hybridized carbons (Fsp3) is 0.500. The molecule has 0 fully saturated rings. The Morgan fingerprint density at radius 1 is 1.38 bits per heavy atom. The van der Waals surface area contributed by atoms with Crippen molar-refractivity contribution in [1.82, 2.24) is 4.90 Å². The van der Waals surface area contributed by atoms with Crippen molar-refractivity contribution in [2.24, 2.45) is 5.73 Å². The molecule has 0 spiro atoms. The van der Waals surface area contributed by atoms with Gasteiger partial charge in [-0.15, -0.1) is 0 Å². The van der Waals surface area contributed by atoms with Crippen LogP contribution in [0, 0.1) is 5.82 Å². The van der Waals surface area contributed by atoms with Gasteiger partial charge in [-0.25, -0.2) is 4.39 Å². The number of anilines is 1. The lowest BCUT2D eigenvalue weighted by molar-refractivity contribution is 0.405. The van der Waals surface area contributed by atoms with Gasteiger partial charge in [0.2, 0.25) is 0 Å². The Kier molecular flexibility index (Phi) is 5.22. The fourth-order valence-electron chi connectivity index (χ4n) is 1.45. The van der Waals surface area contributed by atoms with Crippen LogP contribution in [0.5, 0.6) is 0 Å². The molecular weight excluding hydrogens is 205 g/mol. The average Bonchev–Trinajstić information content (AvgIpc) is 2.25. The molecule has 90 valence electrons. The van der Waals surface area contributed by atoms with Crippen molar-refractivity contribution in [3.8, 4) is 0 Å². The monoisotopic (exact) mass is 225 g/mol. The Labute approximate surface area is 96.4 Å². The van der Waals surface area contributed by atoms with Crippen LogP contribution in [0.15, 0.2) is 18.2 Å². The van der Waals surface area contributed by atoms with E-state index in [0.717, 1.165) is 25.1 Å². The van der Waals surface area contributed by atoms with Crippen LogP contribution in [0.25, 0.3) is 0 Å². The SMILES string of the molecule is CN(C)CCCNc1ccc(CN)cc1F. The average molecular weight is 225 g/mol. The molecule has 0 aliphatic rings. The zero-order valence-corrected chi connectivity index (χ0v) is 9.96. The van der Waals surface area contributed by atoms with Crippen LogP contribution in [0.2, 0.25) is 0 Å². The van der Waals surface area contributed by atoms with Gasteiger partial charge in [-0.3, -0.25) is 0 Å². The molecule has 1 rings (SSSR count). The van der Waals surface area contributed by atoms with Crippen LogP contribution in [-0.4, -0.2) is 32.1 Å². The summed E-state index contributed by atoms with van der Waals surface area (Å²) in [6.45, 7) is 2.14. The summed E-state index contributed by atoms with van der Waals surface area (Å²) >= 11 is 0. The summed E-state index contributed by atoms with van der Waals surface area (Å²) in [7, 11) is 4.05. The molecule has 0 aliphatic carbocycles. The van der Waals surface area contributed by atoms with Gasteiger partial charge < -0.3 is 16.0 Å². The van der Waals surface area contributed by atoms with Crippen molar-refractivity contribution in [2.75, 3.05) is 32.5 Å². The maximum absolute atomic E-state index is 13.5. The second-order valence-corrected chi connectivity index (χ2v) is 4.10. The maximum Gasteiger partial charge on any atom is 0.146 e. The second-order valence-electron chi connectivity index (χ2n) is 4.10. The first-order chi connectivity index (χ1) is 7.63. The molecule has 3 N–H and O–H groups in total. The number of rotatable bonds is 6. The van der Waals surface area contributed by atoms with Gasteiger partial charge in [0.15, 0.2) is 0 Å². The Balaban J connectivity index is 2.42. The third kappa shape index (κ3) is 4.16. The Morgan fingerprint density at radius 2 is 2.12 bits per heavy atom. The van der Waals surface area contributed by atoms with E-state index in [9.17, 15) is 4.39 Å². The van der Waals surface area contributed by atoms with Gasteiger partial charge in [-0.2, -0.15) is 0 Å². The van der Waals surface area contributed by atoms with Crippen LogP contribution in [0.3, 0.4) is 0 Å². The number of nitrogens with one attached hydrogen (secondary N) is 1. The zero-order valence-electron chi connectivity index (χ0n) is 9.96. The Morgan fingerprint density at radius 3 is 2.69 bits per heavy atom. The third-order valence-corrected chi connectivity index (χ3v) is 2.37. The highest BCUT2D eigenvalue weighted by Crippen LogP contribution is 2.15. The highest BCUT2D eigenvalue weighted by Gasteiger charge is 2.02. The molecular formula is C12H20FN3. The summed E-state index contributed by atoms with van der Waals surface area (Å²) in [5, 5.41) is 3.08. The molecule has 0 amide bonds. The minimum absolute atomic E-state index is 0.229. The minimum Gasteiger partial charge on any atom is -0.383 e. The van der Waals surface area contributed by atoms with Crippen LogP contribution in [0.1, 0.15) is 12.0 Å². The maximum atomic E-state index is 13.5. The molecule has 0 atom stereocenters. The van der Waals surface area contributed by atoms with E-state index >= 15 is 0 Å². The molecule has 0 bridgehead atoms. The van der Waals surface area contributed by atoms with E-state index in [1.165, 1.54) is 6.07 Å². The predicted molar refractivity (Wildman–Crippen MR) is 66.0 cm³/mol. The third-order valence-electron chi connectivity index (χ3n) is 2.37. The number of nitrogens with zero attached hydrogens (tertiary/aromatic N) is 1. The summed E-state index contributed by atoms with van der Waals surface area (Å²) in [5.41, 5.74) is 6.80. The molecule has 0 aromatic heterocycles. The van der Waals surface area contributed by atoms with Gasteiger partial charge in [0.1, 0.15) is 5.82 Å². The van der Waals surface area contributed by atoms with Crippen molar-refractivity contribution < 1.29 is 4.39 Å². The van der Waals surface area contributed by atoms with Gasteiger partial charge in [0, 0.05) is 13.1 Å². The molecule has 0 saturated heterocycles. The second kappa shape index (κ2) is 6.45. The lowest BCUT2D eigenvalue weighted by Crippen LogP contribution is -2.16. The van der Waals surface area contributed by atoms with Crippen LogP contribution in [0.4, 0.5) is 10.1 Å². The largest absolute Gasteiger partial charge is 0.383 e. The molecule has 3 nitrogen and oxygen atoms in total. The van der Waals surface area contributed by atoms with Crippen molar-refractivity contribution in [3.63, 3.8) is 0 Å². The quantitative estimate of drug-likeness (QED) is 0.723. The Hall–Kier alpha value is -1.13. The minimum atomic E-state index is -0.229. The van der Waals surface area contributed by atoms with E-state index in [1.807, 2.05) is 20.2 Å². The standard InChI is InChI=1S/C12H20FN3/c1-16(2)7-3-6-15-12-5-4-10(9-14)8-11(12)13/h4-5,8,15H,3,6-7,9,14H2,1-2H3. The summed E-state index contributed by atoms with van der Waals surface area (Å²) in [4.78, 5) is 2.11. The van der Waals surface area contributed by atoms with Gasteiger partial charge in [0.05, 0.1) is 5.69 Å². The zero-order chi connectivity index (χ0) is 12.0. The molecule has 0 heterocycles. The first-order valence-corrected chi connectivity index (χ1v) is 5.50. The number of hydrogen-bond acceptors (Lipinski definition) is 3. The number of benzene rings is 1. The molecule has 1 aromatic rings. The van der Waals surface area contributed by atoms with E-state index in [4.69, 9.17) is 5.73 Å². The van der Waals surface area contributed by atoms with E-state index < -0.39 is 0 Å². The van der Waals surface area contributed by atoms with Gasteiger partial charge in [0.25, 0.3) is 0 Å². The summed E-state index contributed by atoms with van der Waals surface area (Å²) in [6.07, 6.45) is 0.991. The van der Waals surface area contributed by atoms with Crippen LogP contribution in [-0.2, 0) is 6.54 Å². The summed E-state index contributed by atoms with van der Waals surface area (Å²) < 4.78 is 13.5. The topological polar surface area (TPSA) is 41.3 Å². The molecule has 0 unspecified atom stereocenters. The number of hydrogen-bond donors (Lipinski definition) is 2. The van der Waals surface area contributed by atoms with Crippen LogP contribution < -0.4 is 11.1 Å². The van der Waals surface area contributed by atoms with Gasteiger partial charge in [-0.1, -0.05) is 6.07 Å². The first kappa shape index (κ1) is 12.9. The van der Waals surface area contributed by atoms with E-state index in [-0.39, 0.29) is 5.82 Å². The highest BCUT2D eigenvalue weighted by atomic mass is 19.1. The molecule has 1 aromatic carbocycles. The van der Waals surface area contributed by atoms with Gasteiger partial charge >= 0.3 is 0 Å². The predicted octanol–water partition coefficient (Wildman–Crippen LogP) is 1.65. The van der Waals surface area contributed by atoms with Gasteiger partial charge in [-0.05, 0) is 44.8 Å². The van der Waals surface area contributed by atoms with Crippen molar-refractivity contribution in [2.45, 2.75) is 13.0 Å². The van der Waals surface area contributed by atoms with E-state index in [2.05, 4.69) is 10.2 Å². The number of halogens is 1. The smallest absolute Gasteiger partial charge is 0.146 e. The fourth-order valence-corrected chi connectivity index (χ4v) is 1.45. The summed E-state index contributed by atoms with van der Waals surface area (Å²) in [6, 6.07) is 5.07. The summed E-state index contributed by atoms with van der Waals surface area (Å²) in [5.74, 6) is -0.229. The number of nitrogens with two attached hydrogens (primary N) is 1. The molecule has 16 heavy (non-hydrogen) atoms. The molecule has 4 heteroatoms.